The number of fused-ring (bicyclic) bond motifs is 1. The van der Waals surface area contributed by atoms with E-state index < -0.39 is 23.8 Å². The summed E-state index contributed by atoms with van der Waals surface area (Å²) >= 11 is 0. The molecular formula is C22H26N4O4. The van der Waals surface area contributed by atoms with Gasteiger partial charge in [0.15, 0.2) is 0 Å². The van der Waals surface area contributed by atoms with Crippen LogP contribution in [-0.2, 0) is 9.59 Å². The van der Waals surface area contributed by atoms with Gasteiger partial charge in [0.05, 0.1) is 11.1 Å². The molecule has 8 nitrogen and oxygen atoms in total. The molecule has 1 aliphatic carbocycles. The van der Waals surface area contributed by atoms with Crippen molar-refractivity contribution in [2.24, 2.45) is 0 Å². The molecule has 8 heteroatoms. The fourth-order valence-corrected chi connectivity index (χ4v) is 4.87. The number of nitrogens with zero attached hydrogens (tertiary/aromatic N) is 2. The van der Waals surface area contributed by atoms with Crippen LogP contribution >= 0.6 is 0 Å². The Labute approximate surface area is 175 Å². The molecule has 3 aliphatic heterocycles. The van der Waals surface area contributed by atoms with Crippen LogP contribution in [0.15, 0.2) is 18.2 Å². The molecule has 1 aromatic rings. The molecule has 3 heterocycles. The quantitative estimate of drug-likeness (QED) is 0.724. The maximum Gasteiger partial charge on any atom is 0.262 e. The maximum absolute atomic E-state index is 13.0. The zero-order valence-electron chi connectivity index (χ0n) is 16.9. The summed E-state index contributed by atoms with van der Waals surface area (Å²) in [6.07, 6.45) is 6.30. The van der Waals surface area contributed by atoms with Crippen molar-refractivity contribution in [1.82, 2.24) is 15.5 Å². The first-order valence-electron chi connectivity index (χ1n) is 10.9. The van der Waals surface area contributed by atoms with E-state index in [0.29, 0.717) is 23.2 Å². The Morgan fingerprint density at radius 2 is 1.57 bits per heavy atom. The van der Waals surface area contributed by atoms with Gasteiger partial charge in [-0.15, -0.1) is 0 Å². The van der Waals surface area contributed by atoms with Crippen molar-refractivity contribution in [2.75, 3.05) is 18.0 Å². The van der Waals surface area contributed by atoms with E-state index in [0.717, 1.165) is 36.5 Å². The third-order valence-electron chi connectivity index (χ3n) is 6.86. The lowest BCUT2D eigenvalue weighted by atomic mass is 9.91. The van der Waals surface area contributed by atoms with Crippen LogP contribution in [-0.4, -0.2) is 59.7 Å². The highest BCUT2D eigenvalue weighted by molar-refractivity contribution is 6.23. The number of amides is 4. The Kier molecular flexibility index (Phi) is 4.81. The van der Waals surface area contributed by atoms with Crippen molar-refractivity contribution in [3.05, 3.63) is 29.3 Å². The molecule has 158 valence electrons. The van der Waals surface area contributed by atoms with Gasteiger partial charge in [-0.2, -0.15) is 0 Å². The number of imide groups is 2. The summed E-state index contributed by atoms with van der Waals surface area (Å²) in [5.41, 5.74) is 1.61. The van der Waals surface area contributed by atoms with Crippen LogP contribution < -0.4 is 15.5 Å². The molecule has 1 unspecified atom stereocenters. The van der Waals surface area contributed by atoms with Gasteiger partial charge in [0.25, 0.3) is 11.8 Å². The summed E-state index contributed by atoms with van der Waals surface area (Å²) in [6, 6.07) is 5.66. The smallest absolute Gasteiger partial charge is 0.262 e. The molecular weight excluding hydrogens is 384 g/mol. The standard InChI is InChI=1S/C22H26N4O4/c27-19-7-6-18(20(28)24-19)26-21(29)16-5-4-15(12-17(16)22(26)30)25-10-8-14(9-11-25)23-13-2-1-3-13/h4-5,12-14,18,23H,1-3,6-11H2,(H,24,27,28). The molecule has 1 saturated carbocycles. The van der Waals surface area contributed by atoms with Gasteiger partial charge in [0.1, 0.15) is 6.04 Å². The molecule has 30 heavy (non-hydrogen) atoms. The first-order chi connectivity index (χ1) is 14.5. The first-order valence-corrected chi connectivity index (χ1v) is 10.9. The number of anilines is 1. The van der Waals surface area contributed by atoms with Gasteiger partial charge in [-0.25, -0.2) is 0 Å². The molecule has 5 rings (SSSR count). The number of rotatable bonds is 4. The summed E-state index contributed by atoms with van der Waals surface area (Å²) in [4.78, 5) is 52.7. The van der Waals surface area contributed by atoms with Crippen molar-refractivity contribution in [1.29, 1.82) is 0 Å². The molecule has 0 bridgehead atoms. The van der Waals surface area contributed by atoms with E-state index in [1.807, 2.05) is 6.07 Å². The summed E-state index contributed by atoms with van der Waals surface area (Å²) in [6.45, 7) is 1.81. The predicted molar refractivity (Wildman–Crippen MR) is 109 cm³/mol. The Morgan fingerprint density at radius 1 is 0.867 bits per heavy atom. The number of hydrogen-bond donors (Lipinski definition) is 2. The number of piperidine rings is 2. The second kappa shape index (κ2) is 7.50. The monoisotopic (exact) mass is 410 g/mol. The van der Waals surface area contributed by atoms with Crippen LogP contribution in [0.4, 0.5) is 5.69 Å². The number of carbonyl (C=O) groups excluding carboxylic acids is 4. The van der Waals surface area contributed by atoms with Gasteiger partial charge in [-0.05, 0) is 50.3 Å². The Hall–Kier alpha value is -2.74. The second-order valence-electron chi connectivity index (χ2n) is 8.73. The molecule has 1 atom stereocenters. The van der Waals surface area contributed by atoms with E-state index in [4.69, 9.17) is 0 Å². The van der Waals surface area contributed by atoms with Crippen molar-refractivity contribution < 1.29 is 19.2 Å². The normalized spacial score (nSPS) is 25.4. The first kappa shape index (κ1) is 19.2. The lowest BCUT2D eigenvalue weighted by molar-refractivity contribution is -0.136. The number of hydrogen-bond acceptors (Lipinski definition) is 6. The van der Waals surface area contributed by atoms with E-state index in [2.05, 4.69) is 15.5 Å². The van der Waals surface area contributed by atoms with Crippen molar-refractivity contribution >= 4 is 29.3 Å². The molecule has 0 spiro atoms. The van der Waals surface area contributed by atoms with Crippen molar-refractivity contribution in [3.63, 3.8) is 0 Å². The Balaban J connectivity index is 1.29. The summed E-state index contributed by atoms with van der Waals surface area (Å²) in [7, 11) is 0. The lowest BCUT2D eigenvalue weighted by Crippen LogP contribution is -2.54. The predicted octanol–water partition coefficient (Wildman–Crippen LogP) is 1.20. The highest BCUT2D eigenvalue weighted by atomic mass is 16.2. The molecule has 0 aromatic heterocycles. The van der Waals surface area contributed by atoms with Crippen LogP contribution in [0.1, 0.15) is 65.7 Å². The highest BCUT2D eigenvalue weighted by Crippen LogP contribution is 2.31. The minimum absolute atomic E-state index is 0.124. The van der Waals surface area contributed by atoms with Crippen LogP contribution in [0.5, 0.6) is 0 Å². The zero-order valence-corrected chi connectivity index (χ0v) is 16.9. The third kappa shape index (κ3) is 3.29. The van der Waals surface area contributed by atoms with Crippen LogP contribution in [0.25, 0.3) is 0 Å². The van der Waals surface area contributed by atoms with E-state index in [-0.39, 0.29) is 18.7 Å². The fraction of sp³-hybridized carbons (Fsp3) is 0.545. The molecule has 2 saturated heterocycles. The molecule has 1 aromatic carbocycles. The molecule has 3 fully saturated rings. The minimum atomic E-state index is -0.924. The maximum atomic E-state index is 13.0. The van der Waals surface area contributed by atoms with Crippen LogP contribution in [0.2, 0.25) is 0 Å². The third-order valence-corrected chi connectivity index (χ3v) is 6.86. The Morgan fingerprint density at radius 3 is 2.23 bits per heavy atom. The highest BCUT2D eigenvalue weighted by Gasteiger charge is 2.44. The van der Waals surface area contributed by atoms with E-state index >= 15 is 0 Å². The number of carbonyl (C=O) groups is 4. The molecule has 4 aliphatic rings. The SMILES string of the molecule is O=C1CCC(N2C(=O)c3ccc(N4CCC(NC5CCC5)CC4)cc3C2=O)C(=O)N1. The van der Waals surface area contributed by atoms with Crippen LogP contribution in [0, 0.1) is 0 Å². The van der Waals surface area contributed by atoms with Gasteiger partial charge in [-0.1, -0.05) is 6.42 Å². The zero-order chi connectivity index (χ0) is 20.8. The molecule has 0 radical (unpaired) electrons. The second-order valence-corrected chi connectivity index (χ2v) is 8.73. The lowest BCUT2D eigenvalue weighted by Gasteiger charge is -2.38. The van der Waals surface area contributed by atoms with Crippen molar-refractivity contribution in [3.8, 4) is 0 Å². The van der Waals surface area contributed by atoms with Gasteiger partial charge < -0.3 is 10.2 Å². The molecule has 4 amide bonds. The Bertz CT molecular complexity index is 918. The number of nitrogens with one attached hydrogen (secondary N) is 2. The largest absolute Gasteiger partial charge is 0.371 e. The van der Waals surface area contributed by atoms with Gasteiger partial charge in [-0.3, -0.25) is 29.4 Å². The topological polar surface area (TPSA) is 98.8 Å². The summed E-state index contributed by atoms with van der Waals surface area (Å²) in [5.74, 6) is -1.86. The summed E-state index contributed by atoms with van der Waals surface area (Å²) in [5, 5.41) is 5.96. The van der Waals surface area contributed by atoms with Gasteiger partial charge >= 0.3 is 0 Å². The van der Waals surface area contributed by atoms with E-state index in [1.165, 1.54) is 19.3 Å². The number of benzene rings is 1. The van der Waals surface area contributed by atoms with Gasteiger partial charge in [0, 0.05) is 37.3 Å². The van der Waals surface area contributed by atoms with Crippen molar-refractivity contribution in [2.45, 2.75) is 63.1 Å². The van der Waals surface area contributed by atoms with E-state index in [1.54, 1.807) is 12.1 Å². The minimum Gasteiger partial charge on any atom is -0.371 e. The average Bonchev–Trinajstić information content (AvgIpc) is 2.96. The fourth-order valence-electron chi connectivity index (χ4n) is 4.87. The molecule has 2 N–H and O–H groups in total. The van der Waals surface area contributed by atoms with E-state index in [9.17, 15) is 19.2 Å². The van der Waals surface area contributed by atoms with Gasteiger partial charge in [0.2, 0.25) is 11.8 Å². The average molecular weight is 410 g/mol. The summed E-state index contributed by atoms with van der Waals surface area (Å²) < 4.78 is 0. The van der Waals surface area contributed by atoms with Crippen LogP contribution in [0.3, 0.4) is 0 Å².